The molecular weight excluding hydrogens is 182 g/mol. The van der Waals surface area contributed by atoms with Crippen LogP contribution in [0.2, 0.25) is 0 Å². The van der Waals surface area contributed by atoms with Gasteiger partial charge in [0.2, 0.25) is 0 Å². The van der Waals surface area contributed by atoms with Crippen molar-refractivity contribution in [1.82, 2.24) is 10.4 Å². The lowest BCUT2D eigenvalue weighted by molar-refractivity contribution is 0.0738. The monoisotopic (exact) mass is 193 g/mol. The van der Waals surface area contributed by atoms with E-state index in [9.17, 15) is 9.59 Å². The summed E-state index contributed by atoms with van der Waals surface area (Å²) in [6.45, 7) is 0. The molecular formula is C9H11N3O2. The fourth-order valence-corrected chi connectivity index (χ4v) is 0.990. The molecule has 5 nitrogen and oxygen atoms in total. The fraction of sp³-hybridized carbons (Fsp3) is 0.111. The van der Waals surface area contributed by atoms with E-state index in [4.69, 9.17) is 5.73 Å². The minimum atomic E-state index is -0.767. The van der Waals surface area contributed by atoms with E-state index in [0.717, 1.165) is 5.01 Å². The van der Waals surface area contributed by atoms with Crippen LogP contribution < -0.4 is 11.2 Å². The van der Waals surface area contributed by atoms with Crippen LogP contribution in [0.4, 0.5) is 4.79 Å². The Bertz CT molecular complexity index is 337. The molecule has 0 bridgehead atoms. The van der Waals surface area contributed by atoms with Crippen LogP contribution in [0.3, 0.4) is 0 Å². The molecule has 0 aromatic heterocycles. The van der Waals surface area contributed by atoms with Crippen molar-refractivity contribution in [2.24, 2.45) is 5.73 Å². The minimum Gasteiger partial charge on any atom is -0.350 e. The fourth-order valence-electron chi connectivity index (χ4n) is 0.990. The number of carbonyl (C=O) groups is 2. The summed E-state index contributed by atoms with van der Waals surface area (Å²) in [6.07, 6.45) is 0. The number of nitrogens with zero attached hydrogens (tertiary/aromatic N) is 1. The van der Waals surface area contributed by atoms with Crippen LogP contribution in [0, 0.1) is 0 Å². The molecule has 0 aliphatic rings. The minimum absolute atomic E-state index is 0.315. The van der Waals surface area contributed by atoms with E-state index in [0.29, 0.717) is 5.56 Å². The first-order chi connectivity index (χ1) is 6.61. The highest BCUT2D eigenvalue weighted by Gasteiger charge is 2.11. The van der Waals surface area contributed by atoms with Gasteiger partial charge in [-0.2, -0.15) is 0 Å². The number of nitrogens with two attached hydrogens (primary N) is 1. The number of hydrogen-bond donors (Lipinski definition) is 2. The third kappa shape index (κ3) is 2.48. The first-order valence-corrected chi connectivity index (χ1v) is 4.00. The standard InChI is InChI=1S/C9H11N3O2/c1-12(11-9(10)14)8(13)7-5-3-2-4-6-7/h2-6H,1H3,(H3,10,11,14). The average Bonchev–Trinajstić information content (AvgIpc) is 2.17. The molecule has 0 aliphatic carbocycles. The van der Waals surface area contributed by atoms with Crippen LogP contribution in [0.15, 0.2) is 30.3 Å². The van der Waals surface area contributed by atoms with Crippen molar-refractivity contribution in [1.29, 1.82) is 0 Å². The van der Waals surface area contributed by atoms with Gasteiger partial charge in [0, 0.05) is 12.6 Å². The number of urea groups is 1. The second-order valence-electron chi connectivity index (χ2n) is 2.71. The highest BCUT2D eigenvalue weighted by atomic mass is 16.2. The Morgan fingerprint density at radius 2 is 1.86 bits per heavy atom. The average molecular weight is 193 g/mol. The Morgan fingerprint density at radius 3 is 2.36 bits per heavy atom. The number of hydrogen-bond acceptors (Lipinski definition) is 2. The van der Waals surface area contributed by atoms with Crippen LogP contribution >= 0.6 is 0 Å². The van der Waals surface area contributed by atoms with E-state index in [2.05, 4.69) is 5.43 Å². The summed E-state index contributed by atoms with van der Waals surface area (Å²) in [5.74, 6) is -0.315. The van der Waals surface area contributed by atoms with Crippen molar-refractivity contribution in [3.8, 4) is 0 Å². The zero-order chi connectivity index (χ0) is 10.6. The number of nitrogens with one attached hydrogen (secondary N) is 1. The first-order valence-electron chi connectivity index (χ1n) is 4.00. The van der Waals surface area contributed by atoms with Gasteiger partial charge in [-0.15, -0.1) is 0 Å². The molecule has 0 fully saturated rings. The van der Waals surface area contributed by atoms with Crippen molar-refractivity contribution < 1.29 is 9.59 Å². The quantitative estimate of drug-likeness (QED) is 0.631. The smallest absolute Gasteiger partial charge is 0.331 e. The summed E-state index contributed by atoms with van der Waals surface area (Å²) >= 11 is 0. The van der Waals surface area contributed by atoms with Crippen molar-refractivity contribution in [2.45, 2.75) is 0 Å². The summed E-state index contributed by atoms with van der Waals surface area (Å²) < 4.78 is 0. The lowest BCUT2D eigenvalue weighted by Gasteiger charge is -2.16. The van der Waals surface area contributed by atoms with Crippen LogP contribution in [-0.2, 0) is 0 Å². The normalized spacial score (nSPS) is 9.21. The van der Waals surface area contributed by atoms with E-state index in [1.165, 1.54) is 7.05 Å². The summed E-state index contributed by atoms with van der Waals surface area (Å²) in [5.41, 5.74) is 7.52. The van der Waals surface area contributed by atoms with Gasteiger partial charge < -0.3 is 5.73 Å². The zero-order valence-corrected chi connectivity index (χ0v) is 7.73. The molecule has 14 heavy (non-hydrogen) atoms. The molecule has 1 aromatic carbocycles. The Kier molecular flexibility index (Phi) is 3.06. The molecule has 1 rings (SSSR count). The Balaban J connectivity index is 2.71. The van der Waals surface area contributed by atoms with Crippen molar-refractivity contribution in [3.63, 3.8) is 0 Å². The first kappa shape index (κ1) is 10.0. The van der Waals surface area contributed by atoms with Gasteiger partial charge in [0.1, 0.15) is 0 Å². The Morgan fingerprint density at radius 1 is 1.29 bits per heavy atom. The van der Waals surface area contributed by atoms with Crippen LogP contribution in [0.25, 0.3) is 0 Å². The molecule has 3 N–H and O–H groups in total. The summed E-state index contributed by atoms with van der Waals surface area (Å²) in [6, 6.07) is 7.83. The van der Waals surface area contributed by atoms with Crippen molar-refractivity contribution >= 4 is 11.9 Å². The van der Waals surface area contributed by atoms with Gasteiger partial charge in [-0.3, -0.25) is 9.80 Å². The topological polar surface area (TPSA) is 75.4 Å². The SMILES string of the molecule is CN(NC(N)=O)C(=O)c1ccccc1. The molecule has 0 unspecified atom stereocenters. The molecule has 0 heterocycles. The van der Waals surface area contributed by atoms with Crippen LogP contribution in [0.5, 0.6) is 0 Å². The van der Waals surface area contributed by atoms with Gasteiger partial charge in [-0.1, -0.05) is 18.2 Å². The molecule has 0 atom stereocenters. The van der Waals surface area contributed by atoms with Gasteiger partial charge in [0.15, 0.2) is 0 Å². The summed E-state index contributed by atoms with van der Waals surface area (Å²) in [4.78, 5) is 22.0. The number of primary amides is 1. The van der Waals surface area contributed by atoms with Gasteiger partial charge >= 0.3 is 6.03 Å². The molecule has 0 spiro atoms. The highest BCUT2D eigenvalue weighted by molar-refractivity contribution is 5.94. The summed E-state index contributed by atoms with van der Waals surface area (Å²) in [7, 11) is 1.43. The molecule has 0 saturated heterocycles. The molecule has 0 aliphatic heterocycles. The van der Waals surface area contributed by atoms with Crippen LogP contribution in [0.1, 0.15) is 10.4 Å². The lowest BCUT2D eigenvalue weighted by Crippen LogP contribution is -2.45. The highest BCUT2D eigenvalue weighted by Crippen LogP contribution is 2.00. The predicted octanol–water partition coefficient (Wildman–Crippen LogP) is 0.342. The second-order valence-corrected chi connectivity index (χ2v) is 2.71. The van der Waals surface area contributed by atoms with Gasteiger partial charge in [0.05, 0.1) is 0 Å². The van der Waals surface area contributed by atoms with Crippen molar-refractivity contribution in [2.75, 3.05) is 7.05 Å². The second kappa shape index (κ2) is 4.27. The third-order valence-corrected chi connectivity index (χ3v) is 1.60. The molecule has 0 saturated carbocycles. The maximum absolute atomic E-state index is 11.5. The number of hydrazine groups is 1. The Labute approximate surface area is 81.5 Å². The molecule has 0 radical (unpaired) electrons. The number of amides is 3. The molecule has 3 amide bonds. The zero-order valence-electron chi connectivity index (χ0n) is 7.73. The summed E-state index contributed by atoms with van der Waals surface area (Å²) in [5, 5.41) is 1.04. The Hall–Kier alpha value is -2.04. The van der Waals surface area contributed by atoms with Gasteiger partial charge in [-0.05, 0) is 12.1 Å². The molecule has 74 valence electrons. The maximum atomic E-state index is 11.5. The van der Waals surface area contributed by atoms with Gasteiger partial charge in [0.25, 0.3) is 5.91 Å². The van der Waals surface area contributed by atoms with E-state index in [-0.39, 0.29) is 5.91 Å². The predicted molar refractivity (Wildman–Crippen MR) is 51.3 cm³/mol. The van der Waals surface area contributed by atoms with Gasteiger partial charge in [-0.25, -0.2) is 10.2 Å². The van der Waals surface area contributed by atoms with E-state index in [1.807, 2.05) is 0 Å². The number of carbonyl (C=O) groups excluding carboxylic acids is 2. The van der Waals surface area contributed by atoms with Crippen molar-refractivity contribution in [3.05, 3.63) is 35.9 Å². The lowest BCUT2D eigenvalue weighted by atomic mass is 10.2. The van der Waals surface area contributed by atoms with E-state index in [1.54, 1.807) is 30.3 Å². The molecule has 5 heteroatoms. The van der Waals surface area contributed by atoms with E-state index >= 15 is 0 Å². The van der Waals surface area contributed by atoms with E-state index < -0.39 is 6.03 Å². The third-order valence-electron chi connectivity index (χ3n) is 1.60. The molecule has 1 aromatic rings. The number of rotatable bonds is 1. The number of benzene rings is 1. The maximum Gasteiger partial charge on any atom is 0.331 e. The van der Waals surface area contributed by atoms with Crippen LogP contribution in [-0.4, -0.2) is 24.0 Å². The largest absolute Gasteiger partial charge is 0.350 e.